The fraction of sp³-hybridized carbons (Fsp3) is 0.280. The number of benzene rings is 2. The maximum Gasteiger partial charge on any atom is 0.291 e. The number of hydrogen-bond acceptors (Lipinski definition) is 4. The van der Waals surface area contributed by atoms with Crippen molar-refractivity contribution in [2.45, 2.75) is 46.1 Å². The summed E-state index contributed by atoms with van der Waals surface area (Å²) in [5.74, 6) is 1.47. The van der Waals surface area contributed by atoms with Crippen LogP contribution in [0.2, 0.25) is 0 Å². The molecule has 0 aliphatic heterocycles. The summed E-state index contributed by atoms with van der Waals surface area (Å²) in [4.78, 5) is 12.9. The second-order valence-corrected chi connectivity index (χ2v) is 7.74. The third-order valence-corrected chi connectivity index (χ3v) is 4.87. The van der Waals surface area contributed by atoms with E-state index in [-0.39, 0.29) is 30.1 Å². The van der Waals surface area contributed by atoms with Crippen molar-refractivity contribution < 1.29 is 13.9 Å². The lowest BCUT2D eigenvalue weighted by Crippen LogP contribution is -2.15. The quantitative estimate of drug-likeness (QED) is 0.508. The Morgan fingerprint density at radius 3 is 2.30 bits per heavy atom. The summed E-state index contributed by atoms with van der Waals surface area (Å²) >= 11 is 0. The topological polar surface area (TPSA) is 75.3 Å². The molecular formula is C25H26N2O3. The molecule has 0 bridgehead atoms. The molecule has 0 fully saturated rings. The SMILES string of the molecule is CC(C)c1cccc(C(C)C)c1NC(=O)c1ccc(COc2ccccc2C#N)o1. The smallest absolute Gasteiger partial charge is 0.291 e. The summed E-state index contributed by atoms with van der Waals surface area (Å²) in [5.41, 5.74) is 3.49. The highest BCUT2D eigenvalue weighted by molar-refractivity contribution is 6.03. The van der Waals surface area contributed by atoms with Gasteiger partial charge >= 0.3 is 0 Å². The molecule has 1 heterocycles. The van der Waals surface area contributed by atoms with Crippen LogP contribution >= 0.6 is 0 Å². The first-order valence-electron chi connectivity index (χ1n) is 10.1. The number of para-hydroxylation sites is 2. The van der Waals surface area contributed by atoms with Gasteiger partial charge in [-0.05, 0) is 47.2 Å². The Kier molecular flexibility index (Phi) is 6.58. The van der Waals surface area contributed by atoms with E-state index >= 15 is 0 Å². The Labute approximate surface area is 177 Å². The lowest BCUT2D eigenvalue weighted by Gasteiger charge is -2.19. The summed E-state index contributed by atoms with van der Waals surface area (Å²) in [6.45, 7) is 8.56. The van der Waals surface area contributed by atoms with Gasteiger partial charge in [0.25, 0.3) is 5.91 Å². The van der Waals surface area contributed by atoms with Gasteiger partial charge in [-0.3, -0.25) is 4.79 Å². The van der Waals surface area contributed by atoms with Crippen molar-refractivity contribution >= 4 is 11.6 Å². The van der Waals surface area contributed by atoms with Crippen molar-refractivity contribution in [2.75, 3.05) is 5.32 Å². The Morgan fingerprint density at radius 2 is 1.67 bits per heavy atom. The lowest BCUT2D eigenvalue weighted by molar-refractivity contribution is 0.0992. The molecule has 0 radical (unpaired) electrons. The largest absolute Gasteiger partial charge is 0.484 e. The average molecular weight is 402 g/mol. The van der Waals surface area contributed by atoms with Crippen LogP contribution in [0.5, 0.6) is 5.75 Å². The lowest BCUT2D eigenvalue weighted by atomic mass is 9.92. The van der Waals surface area contributed by atoms with Crippen molar-refractivity contribution in [1.82, 2.24) is 0 Å². The minimum absolute atomic E-state index is 0.131. The molecule has 0 unspecified atom stereocenters. The van der Waals surface area contributed by atoms with E-state index in [4.69, 9.17) is 14.4 Å². The van der Waals surface area contributed by atoms with E-state index in [1.165, 1.54) is 0 Å². The zero-order valence-electron chi connectivity index (χ0n) is 17.7. The van der Waals surface area contributed by atoms with Gasteiger partial charge < -0.3 is 14.5 Å². The molecule has 0 saturated carbocycles. The molecule has 154 valence electrons. The van der Waals surface area contributed by atoms with Crippen LogP contribution in [0.3, 0.4) is 0 Å². The number of carbonyl (C=O) groups is 1. The molecule has 0 saturated heterocycles. The van der Waals surface area contributed by atoms with Gasteiger partial charge in [0.2, 0.25) is 0 Å². The van der Waals surface area contributed by atoms with E-state index < -0.39 is 0 Å². The van der Waals surface area contributed by atoms with Gasteiger partial charge in [-0.25, -0.2) is 0 Å². The highest BCUT2D eigenvalue weighted by Gasteiger charge is 2.19. The molecule has 30 heavy (non-hydrogen) atoms. The van der Waals surface area contributed by atoms with Crippen molar-refractivity contribution in [3.05, 3.63) is 82.8 Å². The first-order chi connectivity index (χ1) is 14.4. The zero-order valence-corrected chi connectivity index (χ0v) is 17.7. The van der Waals surface area contributed by atoms with E-state index in [0.29, 0.717) is 17.1 Å². The van der Waals surface area contributed by atoms with Gasteiger partial charge in [0.05, 0.1) is 5.56 Å². The van der Waals surface area contributed by atoms with E-state index in [0.717, 1.165) is 16.8 Å². The number of furan rings is 1. The molecule has 2 aromatic carbocycles. The van der Waals surface area contributed by atoms with Gasteiger partial charge in [-0.15, -0.1) is 0 Å². The Bertz CT molecular complexity index is 1050. The van der Waals surface area contributed by atoms with Crippen LogP contribution in [0.25, 0.3) is 0 Å². The van der Waals surface area contributed by atoms with Gasteiger partial charge in [0.1, 0.15) is 24.2 Å². The number of hydrogen-bond donors (Lipinski definition) is 1. The molecule has 0 aliphatic rings. The Morgan fingerprint density at radius 1 is 1.00 bits per heavy atom. The van der Waals surface area contributed by atoms with Crippen LogP contribution < -0.4 is 10.1 Å². The van der Waals surface area contributed by atoms with E-state index in [2.05, 4.69) is 39.1 Å². The highest BCUT2D eigenvalue weighted by atomic mass is 16.5. The third-order valence-electron chi connectivity index (χ3n) is 4.87. The number of nitrogens with one attached hydrogen (secondary N) is 1. The predicted octanol–water partition coefficient (Wildman–Crippen LogP) is 6.23. The van der Waals surface area contributed by atoms with E-state index in [1.54, 1.807) is 36.4 Å². The molecule has 1 amide bonds. The summed E-state index contributed by atoms with van der Waals surface area (Å²) < 4.78 is 11.4. The van der Waals surface area contributed by atoms with Crippen LogP contribution in [0.4, 0.5) is 5.69 Å². The standard InChI is InChI=1S/C25H26N2O3/c1-16(2)20-9-7-10-21(17(3)4)24(20)27-25(28)23-13-12-19(30-23)15-29-22-11-6-5-8-18(22)14-26/h5-13,16-17H,15H2,1-4H3,(H,27,28). The van der Waals surface area contributed by atoms with Crippen LogP contribution in [0.15, 0.2) is 59.0 Å². The number of anilines is 1. The van der Waals surface area contributed by atoms with Gasteiger partial charge in [-0.1, -0.05) is 58.0 Å². The molecule has 1 aromatic heterocycles. The second-order valence-electron chi connectivity index (χ2n) is 7.74. The Balaban J connectivity index is 1.75. The van der Waals surface area contributed by atoms with Crippen LogP contribution in [0.1, 0.15) is 72.5 Å². The van der Waals surface area contributed by atoms with Crippen LogP contribution in [-0.2, 0) is 6.61 Å². The maximum absolute atomic E-state index is 12.9. The average Bonchev–Trinajstić information content (AvgIpc) is 3.21. The number of nitrogens with zero attached hydrogens (tertiary/aromatic N) is 1. The van der Waals surface area contributed by atoms with Crippen molar-refractivity contribution in [1.29, 1.82) is 5.26 Å². The van der Waals surface area contributed by atoms with Crippen LogP contribution in [0, 0.1) is 11.3 Å². The predicted molar refractivity (Wildman–Crippen MR) is 117 cm³/mol. The molecule has 0 atom stereocenters. The molecule has 5 heteroatoms. The number of amides is 1. The summed E-state index contributed by atoms with van der Waals surface area (Å²) in [6, 6.07) is 18.5. The maximum atomic E-state index is 12.9. The van der Waals surface area contributed by atoms with Crippen molar-refractivity contribution in [2.24, 2.45) is 0 Å². The summed E-state index contributed by atoms with van der Waals surface area (Å²) in [7, 11) is 0. The van der Waals surface area contributed by atoms with Crippen molar-refractivity contribution in [3.8, 4) is 11.8 Å². The van der Waals surface area contributed by atoms with Crippen molar-refractivity contribution in [3.63, 3.8) is 0 Å². The highest BCUT2D eigenvalue weighted by Crippen LogP contribution is 2.32. The van der Waals surface area contributed by atoms with Gasteiger partial charge in [-0.2, -0.15) is 5.26 Å². The molecule has 3 rings (SSSR count). The first kappa shape index (κ1) is 21.2. The Hall–Kier alpha value is -3.52. The van der Waals surface area contributed by atoms with Crippen LogP contribution in [-0.4, -0.2) is 5.91 Å². The normalized spacial score (nSPS) is 10.8. The molecule has 5 nitrogen and oxygen atoms in total. The van der Waals surface area contributed by atoms with E-state index in [9.17, 15) is 4.79 Å². The number of nitriles is 1. The molecule has 1 N–H and O–H groups in total. The fourth-order valence-electron chi connectivity index (χ4n) is 3.28. The number of rotatable bonds is 7. The molecule has 3 aromatic rings. The fourth-order valence-corrected chi connectivity index (χ4v) is 3.28. The molecule has 0 spiro atoms. The van der Waals surface area contributed by atoms with Gasteiger partial charge in [0.15, 0.2) is 5.76 Å². The van der Waals surface area contributed by atoms with E-state index in [1.807, 2.05) is 18.2 Å². The third kappa shape index (κ3) is 4.72. The molecule has 0 aliphatic carbocycles. The minimum Gasteiger partial charge on any atom is -0.484 e. The first-order valence-corrected chi connectivity index (χ1v) is 10.1. The zero-order chi connectivity index (χ0) is 21.7. The van der Waals surface area contributed by atoms with Gasteiger partial charge in [0, 0.05) is 5.69 Å². The minimum atomic E-state index is -0.298. The monoisotopic (exact) mass is 402 g/mol. The number of carbonyl (C=O) groups excluding carboxylic acids is 1. The summed E-state index contributed by atoms with van der Waals surface area (Å²) in [5, 5.41) is 12.2. The second kappa shape index (κ2) is 9.32. The number of ether oxygens (including phenoxy) is 1. The summed E-state index contributed by atoms with van der Waals surface area (Å²) in [6.07, 6.45) is 0. The molecular weight excluding hydrogens is 376 g/mol.